The van der Waals surface area contributed by atoms with Crippen molar-refractivity contribution in [3.05, 3.63) is 22.2 Å². The van der Waals surface area contributed by atoms with E-state index in [1.54, 1.807) is 0 Å². The average molecular weight is 354 g/mol. The third-order valence-corrected chi connectivity index (χ3v) is 6.19. The van der Waals surface area contributed by atoms with E-state index >= 15 is 0 Å². The van der Waals surface area contributed by atoms with Crippen LogP contribution in [-0.2, 0) is 10.0 Å². The highest BCUT2D eigenvalue weighted by Gasteiger charge is 2.31. The van der Waals surface area contributed by atoms with E-state index in [4.69, 9.17) is 34.0 Å². The van der Waals surface area contributed by atoms with E-state index in [9.17, 15) is 8.42 Å². The van der Waals surface area contributed by atoms with Gasteiger partial charge >= 0.3 is 0 Å². The number of halogens is 2. The lowest BCUT2D eigenvalue weighted by molar-refractivity contribution is 0.151. The molecule has 1 aromatic rings. The van der Waals surface area contributed by atoms with Gasteiger partial charge in [-0.15, -0.1) is 0 Å². The van der Waals surface area contributed by atoms with E-state index in [2.05, 4.69) is 0 Å². The van der Waals surface area contributed by atoms with Gasteiger partial charge in [0, 0.05) is 38.4 Å². The Labute approximate surface area is 134 Å². The van der Waals surface area contributed by atoms with Crippen LogP contribution in [0, 0.1) is 0 Å². The number of nitrogens with zero attached hydrogens (tertiary/aromatic N) is 2. The third kappa shape index (κ3) is 3.61. The van der Waals surface area contributed by atoms with Crippen LogP contribution in [0.5, 0.6) is 0 Å². The van der Waals surface area contributed by atoms with Gasteiger partial charge in [-0.2, -0.15) is 4.31 Å². The Balaban J connectivity index is 2.24. The van der Waals surface area contributed by atoms with Crippen LogP contribution < -0.4 is 5.73 Å². The molecule has 1 heterocycles. The molecule has 3 N–H and O–H groups in total. The van der Waals surface area contributed by atoms with Gasteiger partial charge in [0.1, 0.15) is 4.90 Å². The first-order chi connectivity index (χ1) is 9.86. The summed E-state index contributed by atoms with van der Waals surface area (Å²) >= 11 is 12.0. The minimum Gasteiger partial charge on any atom is -0.399 e. The minimum absolute atomic E-state index is 0.0257. The summed E-state index contributed by atoms with van der Waals surface area (Å²) in [5, 5.41) is 8.95. The smallest absolute Gasteiger partial charge is 0.246 e. The SMILES string of the molecule is Nc1cc(Cl)c(S(=O)(=O)N2CCN(CCO)CC2)c(Cl)c1. The molecule has 0 atom stereocenters. The molecular formula is C12H17Cl2N3O3S. The highest BCUT2D eigenvalue weighted by molar-refractivity contribution is 7.89. The maximum Gasteiger partial charge on any atom is 0.246 e. The Morgan fingerprint density at radius 3 is 2.14 bits per heavy atom. The molecule has 1 fully saturated rings. The summed E-state index contributed by atoms with van der Waals surface area (Å²) in [6, 6.07) is 2.75. The van der Waals surface area contributed by atoms with Gasteiger partial charge in [0.2, 0.25) is 10.0 Å². The van der Waals surface area contributed by atoms with Gasteiger partial charge in [0.15, 0.2) is 0 Å². The first kappa shape index (κ1) is 16.8. The Morgan fingerprint density at radius 2 is 1.67 bits per heavy atom. The normalized spacial score (nSPS) is 18.0. The fourth-order valence-corrected chi connectivity index (χ4v) is 4.89. The maximum atomic E-state index is 12.7. The van der Waals surface area contributed by atoms with Crippen molar-refractivity contribution in [2.45, 2.75) is 4.90 Å². The van der Waals surface area contributed by atoms with Gasteiger partial charge in [-0.25, -0.2) is 8.42 Å². The van der Waals surface area contributed by atoms with Crippen molar-refractivity contribution in [1.29, 1.82) is 0 Å². The molecule has 1 saturated heterocycles. The molecule has 9 heteroatoms. The fourth-order valence-electron chi connectivity index (χ4n) is 2.29. The molecule has 2 rings (SSSR count). The molecule has 21 heavy (non-hydrogen) atoms. The molecule has 1 aliphatic rings. The molecule has 0 radical (unpaired) electrons. The fraction of sp³-hybridized carbons (Fsp3) is 0.500. The number of hydrogen-bond acceptors (Lipinski definition) is 5. The van der Waals surface area contributed by atoms with E-state index in [1.165, 1.54) is 16.4 Å². The summed E-state index contributed by atoms with van der Waals surface area (Å²) < 4.78 is 26.7. The number of piperazine rings is 1. The predicted molar refractivity (Wildman–Crippen MR) is 83.2 cm³/mol. The van der Waals surface area contributed by atoms with Crippen molar-refractivity contribution in [1.82, 2.24) is 9.21 Å². The lowest BCUT2D eigenvalue weighted by Gasteiger charge is -2.33. The van der Waals surface area contributed by atoms with Crippen LogP contribution in [0.1, 0.15) is 0 Å². The van der Waals surface area contributed by atoms with Crippen LogP contribution in [0.3, 0.4) is 0 Å². The molecule has 0 aliphatic carbocycles. The Hall–Kier alpha value is -0.570. The van der Waals surface area contributed by atoms with Gasteiger partial charge in [-0.3, -0.25) is 4.90 Å². The van der Waals surface area contributed by atoms with Crippen molar-refractivity contribution in [2.24, 2.45) is 0 Å². The number of β-amino-alcohol motifs (C(OH)–C–C–N with tert-alkyl or cyclic N) is 1. The van der Waals surface area contributed by atoms with E-state index in [0.29, 0.717) is 38.4 Å². The Morgan fingerprint density at radius 1 is 1.14 bits per heavy atom. The molecule has 0 amide bonds. The second-order valence-corrected chi connectivity index (χ2v) is 7.47. The molecule has 6 nitrogen and oxygen atoms in total. The summed E-state index contributed by atoms with van der Waals surface area (Å²) in [4.78, 5) is 1.90. The van der Waals surface area contributed by atoms with Crippen molar-refractivity contribution in [3.8, 4) is 0 Å². The lowest BCUT2D eigenvalue weighted by Crippen LogP contribution is -2.49. The van der Waals surface area contributed by atoms with Crippen LogP contribution >= 0.6 is 23.2 Å². The summed E-state index contributed by atoms with van der Waals surface area (Å²) in [7, 11) is -3.75. The van der Waals surface area contributed by atoms with Crippen LogP contribution in [-0.4, -0.2) is 62.1 Å². The number of aliphatic hydroxyl groups is 1. The van der Waals surface area contributed by atoms with Crippen molar-refractivity contribution in [2.75, 3.05) is 45.1 Å². The number of nitrogens with two attached hydrogens (primary N) is 1. The first-order valence-corrected chi connectivity index (χ1v) is 8.63. The number of hydrogen-bond donors (Lipinski definition) is 2. The Kier molecular flexibility index (Phi) is 5.34. The lowest BCUT2D eigenvalue weighted by atomic mass is 10.3. The zero-order chi connectivity index (χ0) is 15.6. The third-order valence-electron chi connectivity index (χ3n) is 3.37. The topological polar surface area (TPSA) is 86.9 Å². The van der Waals surface area contributed by atoms with Crippen molar-refractivity contribution < 1.29 is 13.5 Å². The van der Waals surface area contributed by atoms with E-state index in [-0.39, 0.29) is 21.5 Å². The van der Waals surface area contributed by atoms with E-state index in [0.717, 1.165) is 0 Å². The zero-order valence-electron chi connectivity index (χ0n) is 11.3. The monoisotopic (exact) mass is 353 g/mol. The average Bonchev–Trinajstić information content (AvgIpc) is 2.38. The molecule has 0 aromatic heterocycles. The molecule has 1 aliphatic heterocycles. The summed E-state index contributed by atoms with van der Waals surface area (Å²) in [5.74, 6) is 0. The second kappa shape index (κ2) is 6.68. The molecular weight excluding hydrogens is 337 g/mol. The van der Waals surface area contributed by atoms with Crippen LogP contribution in [0.15, 0.2) is 17.0 Å². The standard InChI is InChI=1S/C12H17Cl2N3O3S/c13-10-7-9(15)8-11(14)12(10)21(19,20)17-3-1-16(2-4-17)5-6-18/h7-8,18H,1-6,15H2. The quantitative estimate of drug-likeness (QED) is 0.784. The largest absolute Gasteiger partial charge is 0.399 e. The second-order valence-electron chi connectivity index (χ2n) is 4.78. The van der Waals surface area contributed by atoms with E-state index < -0.39 is 10.0 Å². The predicted octanol–water partition coefficient (Wildman–Crippen LogP) is 0.874. The summed E-state index contributed by atoms with van der Waals surface area (Å²) in [6.45, 7) is 2.38. The van der Waals surface area contributed by atoms with E-state index in [1.807, 2.05) is 4.90 Å². The maximum absolute atomic E-state index is 12.7. The number of rotatable bonds is 4. The highest BCUT2D eigenvalue weighted by Crippen LogP contribution is 2.34. The van der Waals surface area contributed by atoms with Crippen molar-refractivity contribution >= 4 is 38.9 Å². The first-order valence-electron chi connectivity index (χ1n) is 6.44. The number of nitrogen functional groups attached to an aromatic ring is 1. The number of benzene rings is 1. The van der Waals surface area contributed by atoms with Gasteiger partial charge in [-0.1, -0.05) is 23.2 Å². The number of sulfonamides is 1. The molecule has 0 bridgehead atoms. The number of anilines is 1. The highest BCUT2D eigenvalue weighted by atomic mass is 35.5. The van der Waals surface area contributed by atoms with Crippen LogP contribution in [0.4, 0.5) is 5.69 Å². The van der Waals surface area contributed by atoms with Crippen molar-refractivity contribution in [3.63, 3.8) is 0 Å². The van der Waals surface area contributed by atoms with Crippen LogP contribution in [0.25, 0.3) is 0 Å². The number of aliphatic hydroxyl groups excluding tert-OH is 1. The van der Waals surface area contributed by atoms with Gasteiger partial charge < -0.3 is 10.8 Å². The molecule has 0 saturated carbocycles. The molecule has 0 unspecified atom stereocenters. The summed E-state index contributed by atoms with van der Waals surface area (Å²) in [5.41, 5.74) is 5.91. The minimum atomic E-state index is -3.75. The molecule has 0 spiro atoms. The zero-order valence-corrected chi connectivity index (χ0v) is 13.6. The van der Waals surface area contributed by atoms with Gasteiger partial charge in [-0.05, 0) is 12.1 Å². The van der Waals surface area contributed by atoms with Gasteiger partial charge in [0.05, 0.1) is 16.7 Å². The Bertz CT molecular complexity index is 593. The van der Waals surface area contributed by atoms with Gasteiger partial charge in [0.25, 0.3) is 0 Å². The molecule has 1 aromatic carbocycles. The van der Waals surface area contributed by atoms with Crippen LogP contribution in [0.2, 0.25) is 10.0 Å². The molecule has 118 valence electrons. The summed E-state index contributed by atoms with van der Waals surface area (Å²) in [6.07, 6.45) is 0.